The number of nitriles is 1. The molecule has 1 heterocycles. The molecular formula is C15H16N4O. The van der Waals surface area contributed by atoms with Crippen LogP contribution in [0.25, 0.3) is 0 Å². The molecule has 0 fully saturated rings. The minimum Gasteiger partial charge on any atom is -0.496 e. The topological polar surface area (TPSA) is 84.0 Å². The second kappa shape index (κ2) is 6.43. The van der Waals surface area contributed by atoms with E-state index in [1.165, 1.54) is 6.20 Å². The second-order valence-corrected chi connectivity index (χ2v) is 4.27. The van der Waals surface area contributed by atoms with Crippen LogP contribution in [0.3, 0.4) is 0 Å². The second-order valence-electron chi connectivity index (χ2n) is 4.27. The van der Waals surface area contributed by atoms with Crippen LogP contribution in [-0.2, 0) is 6.42 Å². The zero-order valence-corrected chi connectivity index (χ0v) is 11.3. The molecule has 0 aliphatic heterocycles. The molecule has 5 nitrogen and oxygen atoms in total. The van der Waals surface area contributed by atoms with Crippen molar-refractivity contribution in [3.8, 4) is 11.8 Å². The fourth-order valence-corrected chi connectivity index (χ4v) is 1.93. The average Bonchev–Trinajstić information content (AvgIpc) is 2.49. The summed E-state index contributed by atoms with van der Waals surface area (Å²) in [5.41, 5.74) is 7.64. The lowest BCUT2D eigenvalue weighted by Crippen LogP contribution is -2.09. The zero-order chi connectivity index (χ0) is 14.4. The first kappa shape index (κ1) is 13.7. The van der Waals surface area contributed by atoms with Gasteiger partial charge in [0.1, 0.15) is 17.6 Å². The van der Waals surface area contributed by atoms with E-state index in [-0.39, 0.29) is 0 Å². The van der Waals surface area contributed by atoms with Gasteiger partial charge in [0.2, 0.25) is 0 Å². The lowest BCUT2D eigenvalue weighted by molar-refractivity contribution is 0.410. The first-order chi connectivity index (χ1) is 9.74. The van der Waals surface area contributed by atoms with Crippen molar-refractivity contribution in [3.05, 3.63) is 47.7 Å². The van der Waals surface area contributed by atoms with Crippen LogP contribution in [-0.4, -0.2) is 18.6 Å². The predicted molar refractivity (Wildman–Crippen MR) is 78.6 cm³/mol. The molecule has 0 aliphatic rings. The van der Waals surface area contributed by atoms with Gasteiger partial charge in [0.05, 0.1) is 24.6 Å². The third kappa shape index (κ3) is 3.18. The Morgan fingerprint density at radius 1 is 1.40 bits per heavy atom. The van der Waals surface area contributed by atoms with E-state index in [1.54, 1.807) is 13.2 Å². The maximum atomic E-state index is 9.04. The van der Waals surface area contributed by atoms with E-state index < -0.39 is 0 Å². The highest BCUT2D eigenvalue weighted by molar-refractivity contribution is 5.57. The van der Waals surface area contributed by atoms with Crippen molar-refractivity contribution in [2.75, 3.05) is 24.7 Å². The van der Waals surface area contributed by atoms with Crippen LogP contribution in [0.5, 0.6) is 5.75 Å². The van der Waals surface area contributed by atoms with Crippen molar-refractivity contribution in [3.63, 3.8) is 0 Å². The minimum absolute atomic E-state index is 0.449. The maximum Gasteiger partial charge on any atom is 0.144 e. The van der Waals surface area contributed by atoms with Gasteiger partial charge in [-0.15, -0.1) is 0 Å². The molecular weight excluding hydrogens is 252 g/mol. The number of anilines is 2. The molecule has 2 aromatic rings. The standard InChI is InChI=1S/C15H16N4O/c1-20-14-5-3-2-4-11(14)6-7-18-15-12(9-16)8-13(17)10-19-15/h2-5,8,10H,6-7,17H2,1H3,(H,18,19). The van der Waals surface area contributed by atoms with E-state index in [1.807, 2.05) is 24.3 Å². The molecule has 1 aromatic heterocycles. The number of nitrogens with two attached hydrogens (primary N) is 1. The molecule has 0 saturated carbocycles. The molecule has 102 valence electrons. The number of ether oxygens (including phenoxy) is 1. The Bertz CT molecular complexity index is 634. The average molecular weight is 268 g/mol. The summed E-state index contributed by atoms with van der Waals surface area (Å²) in [5, 5.41) is 12.2. The summed E-state index contributed by atoms with van der Waals surface area (Å²) >= 11 is 0. The highest BCUT2D eigenvalue weighted by Gasteiger charge is 2.05. The van der Waals surface area contributed by atoms with Crippen molar-refractivity contribution in [1.82, 2.24) is 4.98 Å². The Morgan fingerprint density at radius 2 is 2.20 bits per heavy atom. The van der Waals surface area contributed by atoms with E-state index in [2.05, 4.69) is 16.4 Å². The van der Waals surface area contributed by atoms with Gasteiger partial charge in [-0.3, -0.25) is 0 Å². The Balaban J connectivity index is 2.02. The highest BCUT2D eigenvalue weighted by atomic mass is 16.5. The van der Waals surface area contributed by atoms with Crippen molar-refractivity contribution < 1.29 is 4.74 Å². The predicted octanol–water partition coefficient (Wildman–Crippen LogP) is 2.20. The number of aromatic nitrogens is 1. The Kier molecular flexibility index (Phi) is 4.40. The van der Waals surface area contributed by atoms with E-state index in [4.69, 9.17) is 15.7 Å². The van der Waals surface area contributed by atoms with Gasteiger partial charge in [-0.25, -0.2) is 4.98 Å². The summed E-state index contributed by atoms with van der Waals surface area (Å²) in [5.74, 6) is 1.41. The SMILES string of the molecule is COc1ccccc1CCNc1ncc(N)cc1C#N. The van der Waals surface area contributed by atoms with Crippen LogP contribution in [0.15, 0.2) is 36.5 Å². The molecule has 0 bridgehead atoms. The molecule has 0 unspecified atom stereocenters. The number of hydrogen-bond acceptors (Lipinski definition) is 5. The quantitative estimate of drug-likeness (QED) is 0.868. The molecule has 20 heavy (non-hydrogen) atoms. The first-order valence-electron chi connectivity index (χ1n) is 6.26. The fraction of sp³-hybridized carbons (Fsp3) is 0.200. The zero-order valence-electron chi connectivity index (χ0n) is 11.3. The van der Waals surface area contributed by atoms with E-state index in [0.717, 1.165) is 17.7 Å². The van der Waals surface area contributed by atoms with Crippen LogP contribution >= 0.6 is 0 Å². The number of nitrogens with one attached hydrogen (secondary N) is 1. The highest BCUT2D eigenvalue weighted by Crippen LogP contribution is 2.18. The van der Waals surface area contributed by atoms with Gasteiger partial charge >= 0.3 is 0 Å². The summed E-state index contributed by atoms with van der Waals surface area (Å²) in [7, 11) is 1.65. The monoisotopic (exact) mass is 268 g/mol. The molecule has 3 N–H and O–H groups in total. The Morgan fingerprint density at radius 3 is 2.95 bits per heavy atom. The number of hydrogen-bond donors (Lipinski definition) is 2. The van der Waals surface area contributed by atoms with Crippen LogP contribution in [0, 0.1) is 11.3 Å². The largest absolute Gasteiger partial charge is 0.496 e. The van der Waals surface area contributed by atoms with Crippen LogP contribution in [0.4, 0.5) is 11.5 Å². The van der Waals surface area contributed by atoms with Crippen molar-refractivity contribution in [2.24, 2.45) is 0 Å². The summed E-state index contributed by atoms with van der Waals surface area (Å²) in [6.45, 7) is 0.659. The van der Waals surface area contributed by atoms with Gasteiger partial charge in [-0.1, -0.05) is 18.2 Å². The number of methoxy groups -OCH3 is 1. The molecule has 0 aliphatic carbocycles. The molecule has 0 atom stereocenters. The van der Waals surface area contributed by atoms with Crippen molar-refractivity contribution in [2.45, 2.75) is 6.42 Å². The van der Waals surface area contributed by atoms with Crippen LogP contribution in [0.1, 0.15) is 11.1 Å². The van der Waals surface area contributed by atoms with Gasteiger partial charge in [0, 0.05) is 6.54 Å². The molecule has 2 rings (SSSR count). The molecule has 0 saturated heterocycles. The summed E-state index contributed by atoms with van der Waals surface area (Å²) in [4.78, 5) is 4.13. The molecule has 0 spiro atoms. The number of para-hydroxylation sites is 1. The molecule has 0 radical (unpaired) electrons. The van der Waals surface area contributed by atoms with Crippen molar-refractivity contribution in [1.29, 1.82) is 5.26 Å². The van der Waals surface area contributed by atoms with Gasteiger partial charge in [-0.05, 0) is 24.1 Å². The minimum atomic E-state index is 0.449. The van der Waals surface area contributed by atoms with Gasteiger partial charge in [0.15, 0.2) is 0 Å². The fourth-order valence-electron chi connectivity index (χ4n) is 1.93. The number of benzene rings is 1. The van der Waals surface area contributed by atoms with Gasteiger partial charge in [0.25, 0.3) is 0 Å². The van der Waals surface area contributed by atoms with E-state index >= 15 is 0 Å². The third-order valence-electron chi connectivity index (χ3n) is 2.91. The molecule has 5 heteroatoms. The first-order valence-corrected chi connectivity index (χ1v) is 6.26. The number of pyridine rings is 1. The van der Waals surface area contributed by atoms with Gasteiger partial charge in [-0.2, -0.15) is 5.26 Å². The van der Waals surface area contributed by atoms with Crippen molar-refractivity contribution >= 4 is 11.5 Å². The van der Waals surface area contributed by atoms with E-state index in [0.29, 0.717) is 23.6 Å². The number of nitrogen functional groups attached to an aromatic ring is 1. The third-order valence-corrected chi connectivity index (χ3v) is 2.91. The molecule has 1 aromatic carbocycles. The number of rotatable bonds is 5. The lowest BCUT2D eigenvalue weighted by atomic mass is 10.1. The Labute approximate surface area is 118 Å². The maximum absolute atomic E-state index is 9.04. The summed E-state index contributed by atoms with van der Waals surface area (Å²) in [6, 6.07) is 11.5. The smallest absolute Gasteiger partial charge is 0.144 e. The lowest BCUT2D eigenvalue weighted by Gasteiger charge is -2.10. The Hall–Kier alpha value is -2.74. The van der Waals surface area contributed by atoms with Gasteiger partial charge < -0.3 is 15.8 Å². The molecule has 0 amide bonds. The summed E-state index contributed by atoms with van der Waals surface area (Å²) in [6.07, 6.45) is 2.31. The number of nitrogens with zero attached hydrogens (tertiary/aromatic N) is 2. The summed E-state index contributed by atoms with van der Waals surface area (Å²) < 4.78 is 5.30. The van der Waals surface area contributed by atoms with E-state index in [9.17, 15) is 0 Å². The van der Waals surface area contributed by atoms with Crippen LogP contribution < -0.4 is 15.8 Å². The normalized spacial score (nSPS) is 9.80. The van der Waals surface area contributed by atoms with Crippen LogP contribution in [0.2, 0.25) is 0 Å².